The Labute approximate surface area is 135 Å². The lowest BCUT2D eigenvalue weighted by Gasteiger charge is -2.06. The number of nitrogens with zero attached hydrogens (tertiary/aromatic N) is 1. The van der Waals surface area contributed by atoms with Crippen LogP contribution in [0.3, 0.4) is 0 Å². The van der Waals surface area contributed by atoms with E-state index in [1.54, 1.807) is 0 Å². The maximum absolute atomic E-state index is 14.0. The lowest BCUT2D eigenvalue weighted by Crippen LogP contribution is -2.11. The molecule has 0 aliphatic heterocycles. The smallest absolute Gasteiger partial charge is 0.305 e. The molecule has 0 aromatic heterocycles. The first kappa shape index (κ1) is 17.2. The molecule has 0 saturated carbocycles. The van der Waals surface area contributed by atoms with E-state index in [2.05, 4.69) is 5.32 Å². The fraction of sp³-hybridized carbons (Fsp3) is 0.125. The van der Waals surface area contributed by atoms with Gasteiger partial charge in [-0.3, -0.25) is 19.7 Å². The molecule has 124 valence electrons. The molecule has 0 saturated heterocycles. The number of rotatable bonds is 5. The Morgan fingerprint density at radius 3 is 2.29 bits per heavy atom. The first-order chi connectivity index (χ1) is 11.3. The summed E-state index contributed by atoms with van der Waals surface area (Å²) in [6, 6.07) is 7.44. The predicted molar refractivity (Wildman–Crippen MR) is 81.8 cm³/mol. The molecule has 0 spiro atoms. The molecule has 0 aliphatic rings. The number of nitro benzene ring substituents is 1. The number of halogens is 2. The van der Waals surface area contributed by atoms with Gasteiger partial charge in [-0.15, -0.1) is 0 Å². The van der Waals surface area contributed by atoms with Crippen LogP contribution in [0, 0.1) is 21.7 Å². The zero-order valence-electron chi connectivity index (χ0n) is 12.5. The first-order valence-corrected chi connectivity index (χ1v) is 6.81. The minimum atomic E-state index is -1.49. The van der Waals surface area contributed by atoms with Gasteiger partial charge in [0.1, 0.15) is 5.82 Å². The summed E-state index contributed by atoms with van der Waals surface area (Å²) in [5.74, 6) is -3.82. The molecule has 24 heavy (non-hydrogen) atoms. The molecular weight excluding hydrogens is 322 g/mol. The highest BCUT2D eigenvalue weighted by atomic mass is 19.1. The molecular formula is C16H12F2N2O4. The Morgan fingerprint density at radius 1 is 1.12 bits per heavy atom. The summed E-state index contributed by atoms with van der Waals surface area (Å²) in [5, 5.41) is 13.2. The van der Waals surface area contributed by atoms with E-state index in [0.29, 0.717) is 23.4 Å². The Hall–Kier alpha value is -3.16. The third kappa shape index (κ3) is 3.78. The summed E-state index contributed by atoms with van der Waals surface area (Å²) in [6.07, 6.45) is -0.338. The van der Waals surface area contributed by atoms with Gasteiger partial charge in [0.2, 0.25) is 11.7 Å². The Morgan fingerprint density at radius 2 is 1.75 bits per heavy atom. The van der Waals surface area contributed by atoms with Gasteiger partial charge in [0.25, 0.3) is 0 Å². The highest BCUT2D eigenvalue weighted by molar-refractivity contribution is 5.98. The standard InChI is InChI=1S/C16H12F2N2O4/c1-9(21)19-11-4-2-10(3-5-11)8-14(22)15-12(17)6-7-13(16(15)18)20(23)24/h2-7H,8H2,1H3,(H,19,21). The predicted octanol–water partition coefficient (Wildman–Crippen LogP) is 3.26. The van der Waals surface area contributed by atoms with Crippen LogP contribution in [-0.2, 0) is 11.2 Å². The minimum absolute atomic E-state index is 0.264. The molecule has 0 heterocycles. The van der Waals surface area contributed by atoms with E-state index in [-0.39, 0.29) is 12.3 Å². The van der Waals surface area contributed by atoms with Crippen LogP contribution < -0.4 is 5.32 Å². The van der Waals surface area contributed by atoms with Gasteiger partial charge in [-0.05, 0) is 23.8 Å². The highest BCUT2D eigenvalue weighted by Crippen LogP contribution is 2.24. The van der Waals surface area contributed by atoms with E-state index < -0.39 is 33.6 Å². The topological polar surface area (TPSA) is 89.3 Å². The minimum Gasteiger partial charge on any atom is -0.326 e. The number of nitrogens with one attached hydrogen (secondary N) is 1. The van der Waals surface area contributed by atoms with E-state index in [1.807, 2.05) is 0 Å². The summed E-state index contributed by atoms with van der Waals surface area (Å²) >= 11 is 0. The van der Waals surface area contributed by atoms with Crippen molar-refractivity contribution in [3.8, 4) is 0 Å². The van der Waals surface area contributed by atoms with Crippen molar-refractivity contribution in [1.82, 2.24) is 0 Å². The van der Waals surface area contributed by atoms with Crippen molar-refractivity contribution in [2.24, 2.45) is 0 Å². The Bertz CT molecular complexity index is 820. The molecule has 2 rings (SSSR count). The number of anilines is 1. The van der Waals surface area contributed by atoms with Gasteiger partial charge in [-0.25, -0.2) is 4.39 Å². The van der Waals surface area contributed by atoms with Gasteiger partial charge in [0, 0.05) is 25.1 Å². The molecule has 1 N–H and O–H groups in total. The maximum Gasteiger partial charge on any atom is 0.305 e. The van der Waals surface area contributed by atoms with Crippen LogP contribution in [0.5, 0.6) is 0 Å². The van der Waals surface area contributed by atoms with Crippen LogP contribution >= 0.6 is 0 Å². The fourth-order valence-electron chi connectivity index (χ4n) is 2.12. The largest absolute Gasteiger partial charge is 0.326 e. The van der Waals surface area contributed by atoms with Gasteiger partial charge in [0.05, 0.1) is 10.5 Å². The van der Waals surface area contributed by atoms with Crippen molar-refractivity contribution >= 4 is 23.1 Å². The summed E-state index contributed by atoms with van der Waals surface area (Å²) in [4.78, 5) is 32.7. The second-order valence-corrected chi connectivity index (χ2v) is 4.99. The quantitative estimate of drug-likeness (QED) is 0.516. The molecule has 6 nitrogen and oxygen atoms in total. The number of Topliss-reactive ketones (excluding diaryl/α,β-unsaturated/α-hetero) is 1. The van der Waals surface area contributed by atoms with Crippen molar-refractivity contribution in [1.29, 1.82) is 0 Å². The second kappa shape index (κ2) is 6.95. The first-order valence-electron chi connectivity index (χ1n) is 6.81. The normalized spacial score (nSPS) is 10.3. The Balaban J connectivity index is 2.25. The van der Waals surface area contributed by atoms with E-state index >= 15 is 0 Å². The van der Waals surface area contributed by atoms with Gasteiger partial charge in [0.15, 0.2) is 5.78 Å². The molecule has 8 heteroatoms. The number of amides is 1. The van der Waals surface area contributed by atoms with Gasteiger partial charge in [-0.2, -0.15) is 4.39 Å². The molecule has 0 atom stereocenters. The molecule has 0 fully saturated rings. The monoisotopic (exact) mass is 334 g/mol. The van der Waals surface area contributed by atoms with Gasteiger partial charge in [-0.1, -0.05) is 12.1 Å². The van der Waals surface area contributed by atoms with Crippen LogP contribution in [-0.4, -0.2) is 16.6 Å². The van der Waals surface area contributed by atoms with Crippen molar-refractivity contribution in [2.45, 2.75) is 13.3 Å². The van der Waals surface area contributed by atoms with Crippen molar-refractivity contribution < 1.29 is 23.3 Å². The van der Waals surface area contributed by atoms with Gasteiger partial charge < -0.3 is 5.32 Å². The van der Waals surface area contributed by atoms with Gasteiger partial charge >= 0.3 is 5.69 Å². The zero-order valence-corrected chi connectivity index (χ0v) is 12.5. The highest BCUT2D eigenvalue weighted by Gasteiger charge is 2.26. The fourth-order valence-corrected chi connectivity index (χ4v) is 2.12. The molecule has 2 aromatic rings. The SMILES string of the molecule is CC(=O)Nc1ccc(CC(=O)c2c(F)ccc([N+](=O)[O-])c2F)cc1. The van der Waals surface area contributed by atoms with Crippen LogP contribution in [0.2, 0.25) is 0 Å². The second-order valence-electron chi connectivity index (χ2n) is 4.99. The van der Waals surface area contributed by atoms with Crippen LogP contribution in [0.1, 0.15) is 22.8 Å². The number of benzene rings is 2. The molecule has 2 aromatic carbocycles. The molecule has 0 bridgehead atoms. The summed E-state index contributed by atoms with van der Waals surface area (Å²) < 4.78 is 27.7. The number of hydrogen-bond acceptors (Lipinski definition) is 4. The third-order valence-corrected chi connectivity index (χ3v) is 3.19. The summed E-state index contributed by atoms with van der Waals surface area (Å²) in [6.45, 7) is 1.34. The lowest BCUT2D eigenvalue weighted by molar-refractivity contribution is -0.387. The average molecular weight is 334 g/mol. The number of nitro groups is 1. The number of carbonyl (C=O) groups is 2. The lowest BCUT2D eigenvalue weighted by atomic mass is 10.0. The van der Waals surface area contributed by atoms with Crippen molar-refractivity contribution in [3.05, 3.63) is 69.3 Å². The maximum atomic E-state index is 14.0. The molecule has 0 aliphatic carbocycles. The van der Waals surface area contributed by atoms with E-state index in [9.17, 15) is 28.5 Å². The van der Waals surface area contributed by atoms with E-state index in [4.69, 9.17) is 0 Å². The third-order valence-electron chi connectivity index (χ3n) is 3.19. The van der Waals surface area contributed by atoms with E-state index in [0.717, 1.165) is 0 Å². The van der Waals surface area contributed by atoms with Crippen molar-refractivity contribution in [2.75, 3.05) is 5.32 Å². The molecule has 1 amide bonds. The molecule has 0 radical (unpaired) electrons. The average Bonchev–Trinajstić information content (AvgIpc) is 2.48. The van der Waals surface area contributed by atoms with Crippen LogP contribution in [0.15, 0.2) is 36.4 Å². The number of ketones is 1. The van der Waals surface area contributed by atoms with Crippen LogP contribution in [0.25, 0.3) is 0 Å². The molecule has 0 unspecified atom stereocenters. The summed E-state index contributed by atoms with van der Waals surface area (Å²) in [5.41, 5.74) is -0.943. The zero-order chi connectivity index (χ0) is 17.9. The van der Waals surface area contributed by atoms with E-state index in [1.165, 1.54) is 31.2 Å². The van der Waals surface area contributed by atoms with Crippen molar-refractivity contribution in [3.63, 3.8) is 0 Å². The number of carbonyl (C=O) groups excluding carboxylic acids is 2. The summed E-state index contributed by atoms with van der Waals surface area (Å²) in [7, 11) is 0. The van der Waals surface area contributed by atoms with Crippen LogP contribution in [0.4, 0.5) is 20.2 Å². The number of hydrogen-bond donors (Lipinski definition) is 1. The Kier molecular flexibility index (Phi) is 4.98.